The van der Waals surface area contributed by atoms with Crippen LogP contribution in [0.1, 0.15) is 5.76 Å². The van der Waals surface area contributed by atoms with Gasteiger partial charge in [0.25, 0.3) is 0 Å². The highest BCUT2D eigenvalue weighted by Crippen LogP contribution is 2.18. The number of hydrogen-bond donors (Lipinski definition) is 2. The number of rotatable bonds is 3. The molecule has 0 spiro atoms. The molecule has 80 valence electrons. The molecule has 0 amide bonds. The van der Waals surface area contributed by atoms with Gasteiger partial charge in [-0.1, -0.05) is 6.07 Å². The second-order valence-electron chi connectivity index (χ2n) is 3.71. The minimum Gasteiger partial charge on any atom is -0.467 e. The molecule has 3 heteroatoms. The minimum atomic E-state index is 0.708. The van der Waals surface area contributed by atoms with Gasteiger partial charge in [0.1, 0.15) is 5.76 Å². The van der Waals surface area contributed by atoms with Crippen molar-refractivity contribution < 1.29 is 4.42 Å². The van der Waals surface area contributed by atoms with Crippen LogP contribution in [0.15, 0.2) is 53.3 Å². The van der Waals surface area contributed by atoms with E-state index in [0.29, 0.717) is 6.54 Å². The summed E-state index contributed by atoms with van der Waals surface area (Å²) in [6, 6.07) is 12.2. The van der Waals surface area contributed by atoms with Crippen molar-refractivity contribution in [2.24, 2.45) is 0 Å². The van der Waals surface area contributed by atoms with Crippen LogP contribution < -0.4 is 5.32 Å². The lowest BCUT2D eigenvalue weighted by Gasteiger charge is -2.04. The van der Waals surface area contributed by atoms with Crippen molar-refractivity contribution in [2.45, 2.75) is 6.54 Å². The molecule has 2 aromatic heterocycles. The van der Waals surface area contributed by atoms with E-state index in [-0.39, 0.29) is 0 Å². The molecule has 3 nitrogen and oxygen atoms in total. The summed E-state index contributed by atoms with van der Waals surface area (Å²) in [5, 5.41) is 4.54. The van der Waals surface area contributed by atoms with E-state index < -0.39 is 0 Å². The Morgan fingerprint density at radius 2 is 2.19 bits per heavy atom. The first kappa shape index (κ1) is 9.09. The minimum absolute atomic E-state index is 0.708. The number of fused-ring (bicyclic) bond motifs is 1. The van der Waals surface area contributed by atoms with Crippen molar-refractivity contribution >= 4 is 16.6 Å². The topological polar surface area (TPSA) is 41.0 Å². The molecule has 0 atom stereocenters. The Hall–Kier alpha value is -2.16. The monoisotopic (exact) mass is 212 g/mol. The average Bonchev–Trinajstić information content (AvgIpc) is 2.97. The molecule has 3 rings (SSSR count). The van der Waals surface area contributed by atoms with Gasteiger partial charge in [-0.2, -0.15) is 0 Å². The molecule has 0 bridgehead atoms. The zero-order valence-electron chi connectivity index (χ0n) is 8.73. The third-order valence-corrected chi connectivity index (χ3v) is 2.60. The zero-order valence-corrected chi connectivity index (χ0v) is 8.73. The van der Waals surface area contributed by atoms with E-state index in [1.807, 2.05) is 18.3 Å². The molecule has 0 aliphatic heterocycles. The van der Waals surface area contributed by atoms with Gasteiger partial charge in [-0.25, -0.2) is 0 Å². The van der Waals surface area contributed by atoms with Crippen LogP contribution >= 0.6 is 0 Å². The third-order valence-electron chi connectivity index (χ3n) is 2.60. The van der Waals surface area contributed by atoms with Crippen LogP contribution in [-0.2, 0) is 6.54 Å². The Morgan fingerprint density at radius 1 is 1.19 bits per heavy atom. The Balaban J connectivity index is 1.78. The molecule has 0 fully saturated rings. The van der Waals surface area contributed by atoms with Crippen molar-refractivity contribution in [3.05, 3.63) is 54.6 Å². The van der Waals surface area contributed by atoms with Crippen LogP contribution in [-0.4, -0.2) is 4.98 Å². The normalized spacial score (nSPS) is 10.8. The van der Waals surface area contributed by atoms with E-state index >= 15 is 0 Å². The van der Waals surface area contributed by atoms with Gasteiger partial charge in [0.2, 0.25) is 0 Å². The highest BCUT2D eigenvalue weighted by atomic mass is 16.3. The smallest absolute Gasteiger partial charge is 0.122 e. The number of aromatic nitrogens is 1. The SMILES string of the molecule is c1coc(CNc2ccc3cc[nH]c3c2)c1. The molecule has 16 heavy (non-hydrogen) atoms. The second kappa shape index (κ2) is 3.77. The van der Waals surface area contributed by atoms with Crippen LogP contribution in [0.4, 0.5) is 5.69 Å². The Kier molecular flexibility index (Phi) is 2.14. The van der Waals surface area contributed by atoms with Gasteiger partial charge in [0, 0.05) is 17.4 Å². The molecule has 2 heterocycles. The highest BCUT2D eigenvalue weighted by molar-refractivity contribution is 5.82. The summed E-state index contributed by atoms with van der Waals surface area (Å²) in [6.45, 7) is 0.708. The molecule has 3 aromatic rings. The predicted molar refractivity (Wildman–Crippen MR) is 64.3 cm³/mol. The molecule has 2 N–H and O–H groups in total. The first-order chi connectivity index (χ1) is 7.92. The summed E-state index contributed by atoms with van der Waals surface area (Å²) in [6.07, 6.45) is 3.63. The van der Waals surface area contributed by atoms with Gasteiger partial charge in [0.05, 0.1) is 12.8 Å². The predicted octanol–water partition coefficient (Wildman–Crippen LogP) is 3.37. The van der Waals surface area contributed by atoms with Crippen molar-refractivity contribution in [2.75, 3.05) is 5.32 Å². The maximum atomic E-state index is 5.26. The number of anilines is 1. The van der Waals surface area contributed by atoms with E-state index in [4.69, 9.17) is 4.42 Å². The average molecular weight is 212 g/mol. The Morgan fingerprint density at radius 3 is 3.06 bits per heavy atom. The molecular weight excluding hydrogens is 200 g/mol. The van der Waals surface area contributed by atoms with Crippen molar-refractivity contribution in [3.63, 3.8) is 0 Å². The summed E-state index contributed by atoms with van der Waals surface area (Å²) in [4.78, 5) is 3.19. The molecule has 1 aromatic carbocycles. The second-order valence-corrected chi connectivity index (χ2v) is 3.71. The number of nitrogens with one attached hydrogen (secondary N) is 2. The number of aromatic amines is 1. The largest absolute Gasteiger partial charge is 0.467 e. The van der Waals surface area contributed by atoms with Gasteiger partial charge < -0.3 is 14.7 Å². The number of benzene rings is 1. The fourth-order valence-electron chi connectivity index (χ4n) is 1.76. The van der Waals surface area contributed by atoms with E-state index in [0.717, 1.165) is 17.0 Å². The number of furan rings is 1. The molecule has 0 saturated heterocycles. The highest BCUT2D eigenvalue weighted by Gasteiger charge is 1.98. The summed E-state index contributed by atoms with van der Waals surface area (Å²) < 4.78 is 5.26. The lowest BCUT2D eigenvalue weighted by Crippen LogP contribution is -1.97. The van der Waals surface area contributed by atoms with Crippen molar-refractivity contribution in [1.29, 1.82) is 0 Å². The standard InChI is InChI=1S/C13H12N2O/c1-2-12(16-7-1)9-15-11-4-3-10-5-6-14-13(10)8-11/h1-8,14-15H,9H2. The van der Waals surface area contributed by atoms with Crippen LogP contribution in [0.25, 0.3) is 10.9 Å². The number of H-pyrrole nitrogens is 1. The fourth-order valence-corrected chi connectivity index (χ4v) is 1.76. The third kappa shape index (κ3) is 1.67. The first-order valence-electron chi connectivity index (χ1n) is 5.25. The van der Waals surface area contributed by atoms with Crippen LogP contribution in [0.2, 0.25) is 0 Å². The van der Waals surface area contributed by atoms with Gasteiger partial charge in [-0.3, -0.25) is 0 Å². The molecular formula is C13H12N2O. The molecule has 0 saturated carbocycles. The summed E-state index contributed by atoms with van der Waals surface area (Å²) >= 11 is 0. The summed E-state index contributed by atoms with van der Waals surface area (Å²) in [7, 11) is 0. The van der Waals surface area contributed by atoms with Crippen molar-refractivity contribution in [3.8, 4) is 0 Å². The van der Waals surface area contributed by atoms with Crippen molar-refractivity contribution in [1.82, 2.24) is 4.98 Å². The van der Waals surface area contributed by atoms with Crippen LogP contribution in [0, 0.1) is 0 Å². The lowest BCUT2D eigenvalue weighted by molar-refractivity contribution is 0.518. The van der Waals surface area contributed by atoms with E-state index in [1.165, 1.54) is 5.39 Å². The molecule has 0 aliphatic carbocycles. The fraction of sp³-hybridized carbons (Fsp3) is 0.0769. The quantitative estimate of drug-likeness (QED) is 0.698. The summed E-state index contributed by atoms with van der Waals surface area (Å²) in [5.74, 6) is 0.937. The van der Waals surface area contributed by atoms with Gasteiger partial charge >= 0.3 is 0 Å². The summed E-state index contributed by atoms with van der Waals surface area (Å²) in [5.41, 5.74) is 2.23. The number of hydrogen-bond acceptors (Lipinski definition) is 2. The van der Waals surface area contributed by atoms with Crippen LogP contribution in [0.5, 0.6) is 0 Å². The maximum absolute atomic E-state index is 5.26. The molecule has 0 aliphatic rings. The Labute approximate surface area is 93.1 Å². The zero-order chi connectivity index (χ0) is 10.8. The van der Waals surface area contributed by atoms with E-state index in [1.54, 1.807) is 6.26 Å². The van der Waals surface area contributed by atoms with E-state index in [9.17, 15) is 0 Å². The van der Waals surface area contributed by atoms with Gasteiger partial charge in [0.15, 0.2) is 0 Å². The van der Waals surface area contributed by atoms with Crippen LogP contribution in [0.3, 0.4) is 0 Å². The molecule has 0 unspecified atom stereocenters. The first-order valence-corrected chi connectivity index (χ1v) is 5.25. The Bertz CT molecular complexity index is 581. The lowest BCUT2D eigenvalue weighted by atomic mass is 10.2. The van der Waals surface area contributed by atoms with Gasteiger partial charge in [-0.15, -0.1) is 0 Å². The van der Waals surface area contributed by atoms with E-state index in [2.05, 4.69) is 34.6 Å². The molecule has 0 radical (unpaired) electrons. The van der Waals surface area contributed by atoms with Gasteiger partial charge in [-0.05, 0) is 35.7 Å². The maximum Gasteiger partial charge on any atom is 0.122 e.